The number of rotatable bonds is 2. The van der Waals surface area contributed by atoms with E-state index in [1.54, 1.807) is 12.1 Å². The molecule has 0 aliphatic heterocycles. The average Bonchev–Trinajstić information content (AvgIpc) is 2.51. The van der Waals surface area contributed by atoms with Crippen LogP contribution in [0.25, 0.3) is 11.1 Å². The van der Waals surface area contributed by atoms with E-state index in [0.717, 1.165) is 24.1 Å². The molecule has 2 aromatic rings. The third-order valence-electron chi connectivity index (χ3n) is 4.38. The van der Waals surface area contributed by atoms with Gasteiger partial charge in [0.1, 0.15) is 5.82 Å². The number of hydrogen-bond acceptors (Lipinski definition) is 2. The Hall–Kier alpha value is -1.19. The topological polar surface area (TPSA) is 25.8 Å². The Morgan fingerprint density at radius 2 is 1.77 bits per heavy atom. The second-order valence-electron chi connectivity index (χ2n) is 5.80. The van der Waals surface area contributed by atoms with Crippen LogP contribution in [0, 0.1) is 12.7 Å². The van der Waals surface area contributed by atoms with Crippen molar-refractivity contribution in [3.05, 3.63) is 45.4 Å². The van der Waals surface area contributed by atoms with Gasteiger partial charge in [0, 0.05) is 11.1 Å². The van der Waals surface area contributed by atoms with E-state index in [9.17, 15) is 4.39 Å². The Morgan fingerprint density at radius 3 is 2.45 bits per heavy atom. The minimum Gasteiger partial charge on any atom is -0.206 e. The van der Waals surface area contributed by atoms with Crippen LogP contribution in [0.5, 0.6) is 0 Å². The van der Waals surface area contributed by atoms with E-state index in [4.69, 9.17) is 23.2 Å². The molecule has 3 rings (SSSR count). The van der Waals surface area contributed by atoms with Crippen molar-refractivity contribution in [2.45, 2.75) is 44.9 Å². The molecule has 1 saturated carbocycles. The predicted molar refractivity (Wildman–Crippen MR) is 88.0 cm³/mol. The minimum absolute atomic E-state index is 0.221. The van der Waals surface area contributed by atoms with E-state index in [0.29, 0.717) is 22.1 Å². The minimum atomic E-state index is -0.376. The van der Waals surface area contributed by atoms with Gasteiger partial charge in [-0.05, 0) is 43.4 Å². The van der Waals surface area contributed by atoms with E-state index in [2.05, 4.69) is 10.2 Å². The Kier molecular flexibility index (Phi) is 4.65. The van der Waals surface area contributed by atoms with Gasteiger partial charge in [0.2, 0.25) is 0 Å². The highest BCUT2D eigenvalue weighted by Crippen LogP contribution is 2.44. The van der Waals surface area contributed by atoms with Crippen molar-refractivity contribution >= 4 is 23.2 Å². The van der Waals surface area contributed by atoms with Crippen LogP contribution in [0.15, 0.2) is 18.2 Å². The number of halogens is 3. The number of aryl methyl sites for hydroxylation is 1. The van der Waals surface area contributed by atoms with Gasteiger partial charge in [0.25, 0.3) is 0 Å². The van der Waals surface area contributed by atoms with Crippen LogP contribution in [0.1, 0.15) is 49.3 Å². The maximum absolute atomic E-state index is 14.4. The van der Waals surface area contributed by atoms with Crippen molar-refractivity contribution < 1.29 is 4.39 Å². The monoisotopic (exact) mass is 338 g/mol. The third kappa shape index (κ3) is 2.84. The van der Waals surface area contributed by atoms with E-state index in [1.807, 2.05) is 6.92 Å². The second kappa shape index (κ2) is 6.51. The first kappa shape index (κ1) is 15.7. The molecule has 1 aliphatic carbocycles. The van der Waals surface area contributed by atoms with Gasteiger partial charge in [-0.15, -0.1) is 5.10 Å². The van der Waals surface area contributed by atoms with Crippen molar-refractivity contribution in [2.24, 2.45) is 0 Å². The first-order chi connectivity index (χ1) is 10.6. The first-order valence-electron chi connectivity index (χ1n) is 7.56. The van der Waals surface area contributed by atoms with Crippen LogP contribution in [0.2, 0.25) is 10.2 Å². The van der Waals surface area contributed by atoms with Crippen molar-refractivity contribution in [1.29, 1.82) is 0 Å². The summed E-state index contributed by atoms with van der Waals surface area (Å²) >= 11 is 12.6. The smallest absolute Gasteiger partial charge is 0.159 e. The van der Waals surface area contributed by atoms with E-state index >= 15 is 0 Å². The average molecular weight is 339 g/mol. The maximum Gasteiger partial charge on any atom is 0.159 e. The molecule has 0 saturated heterocycles. The quantitative estimate of drug-likeness (QED) is 0.676. The fourth-order valence-electron chi connectivity index (χ4n) is 3.38. The molecule has 0 amide bonds. The number of benzene rings is 1. The molecule has 1 aromatic heterocycles. The molecule has 1 aromatic carbocycles. The lowest BCUT2D eigenvalue weighted by atomic mass is 9.80. The lowest BCUT2D eigenvalue weighted by Crippen LogP contribution is -2.11. The van der Waals surface area contributed by atoms with Crippen molar-refractivity contribution in [3.8, 4) is 11.1 Å². The highest BCUT2D eigenvalue weighted by molar-refractivity contribution is 6.36. The Balaban J connectivity index is 2.24. The molecular weight excluding hydrogens is 322 g/mol. The summed E-state index contributed by atoms with van der Waals surface area (Å²) in [5.41, 5.74) is 2.77. The third-order valence-corrected chi connectivity index (χ3v) is 4.96. The summed E-state index contributed by atoms with van der Waals surface area (Å²) in [5, 5.41) is 8.71. The van der Waals surface area contributed by atoms with Crippen LogP contribution >= 0.6 is 23.2 Å². The SMILES string of the molecule is Cc1nnc(Cl)c(-c2c(F)cccc2Cl)c1C1CCCCC1. The lowest BCUT2D eigenvalue weighted by molar-refractivity contribution is 0.441. The predicted octanol–water partition coefficient (Wildman–Crippen LogP) is 5.95. The highest BCUT2D eigenvalue weighted by Gasteiger charge is 2.26. The van der Waals surface area contributed by atoms with Crippen LogP contribution in [-0.4, -0.2) is 10.2 Å². The summed E-state index contributed by atoms with van der Waals surface area (Å²) in [6.45, 7) is 1.91. The van der Waals surface area contributed by atoms with Gasteiger partial charge in [0.15, 0.2) is 5.15 Å². The molecule has 2 nitrogen and oxygen atoms in total. The molecule has 0 spiro atoms. The molecule has 0 radical (unpaired) electrons. The molecule has 1 aliphatic rings. The van der Waals surface area contributed by atoms with Crippen molar-refractivity contribution in [3.63, 3.8) is 0 Å². The standard InChI is InChI=1S/C17H17Cl2FN2/c1-10-14(11-6-3-2-4-7-11)16(17(19)22-21-10)15-12(18)8-5-9-13(15)20/h5,8-9,11H,2-4,6-7H2,1H3. The van der Waals surface area contributed by atoms with Gasteiger partial charge in [-0.2, -0.15) is 5.10 Å². The van der Waals surface area contributed by atoms with Crippen LogP contribution in [-0.2, 0) is 0 Å². The van der Waals surface area contributed by atoms with E-state index < -0.39 is 0 Å². The van der Waals surface area contributed by atoms with Crippen LogP contribution in [0.3, 0.4) is 0 Å². The Labute approximate surface area is 139 Å². The van der Waals surface area contributed by atoms with Crippen molar-refractivity contribution in [1.82, 2.24) is 10.2 Å². The van der Waals surface area contributed by atoms with Crippen LogP contribution in [0.4, 0.5) is 4.39 Å². The number of nitrogens with zero attached hydrogens (tertiary/aromatic N) is 2. The maximum atomic E-state index is 14.4. The van der Waals surface area contributed by atoms with Gasteiger partial charge in [0.05, 0.1) is 10.7 Å². The summed E-state index contributed by atoms with van der Waals surface area (Å²) in [6, 6.07) is 4.67. The fourth-order valence-corrected chi connectivity index (χ4v) is 3.87. The Morgan fingerprint density at radius 1 is 1.05 bits per heavy atom. The molecule has 0 bridgehead atoms. The zero-order valence-electron chi connectivity index (χ0n) is 12.4. The van der Waals surface area contributed by atoms with Gasteiger partial charge in [-0.3, -0.25) is 0 Å². The summed E-state index contributed by atoms with van der Waals surface area (Å²) in [6.07, 6.45) is 5.74. The molecule has 116 valence electrons. The summed E-state index contributed by atoms with van der Waals surface area (Å²) in [5.74, 6) is -0.0358. The zero-order valence-corrected chi connectivity index (χ0v) is 13.9. The second-order valence-corrected chi connectivity index (χ2v) is 6.56. The first-order valence-corrected chi connectivity index (χ1v) is 8.32. The molecule has 1 fully saturated rings. The van der Waals surface area contributed by atoms with Crippen LogP contribution < -0.4 is 0 Å². The molecule has 1 heterocycles. The van der Waals surface area contributed by atoms with Gasteiger partial charge >= 0.3 is 0 Å². The van der Waals surface area contributed by atoms with Gasteiger partial charge < -0.3 is 0 Å². The van der Waals surface area contributed by atoms with Crippen molar-refractivity contribution in [2.75, 3.05) is 0 Å². The zero-order chi connectivity index (χ0) is 15.7. The summed E-state index contributed by atoms with van der Waals surface area (Å²) in [4.78, 5) is 0. The summed E-state index contributed by atoms with van der Waals surface area (Å²) in [7, 11) is 0. The highest BCUT2D eigenvalue weighted by atomic mass is 35.5. The molecule has 5 heteroatoms. The fraction of sp³-hybridized carbons (Fsp3) is 0.412. The number of aromatic nitrogens is 2. The normalized spacial score (nSPS) is 16.0. The molecule has 0 unspecified atom stereocenters. The van der Waals surface area contributed by atoms with Gasteiger partial charge in [-0.1, -0.05) is 48.5 Å². The largest absolute Gasteiger partial charge is 0.206 e. The van der Waals surface area contributed by atoms with E-state index in [1.165, 1.54) is 25.3 Å². The summed E-state index contributed by atoms with van der Waals surface area (Å²) < 4.78 is 14.4. The Bertz CT molecular complexity index is 677. The van der Waals surface area contributed by atoms with E-state index in [-0.39, 0.29) is 11.0 Å². The molecular formula is C17H17Cl2FN2. The van der Waals surface area contributed by atoms with Gasteiger partial charge in [-0.25, -0.2) is 4.39 Å². The lowest BCUT2D eigenvalue weighted by Gasteiger charge is -2.26. The number of hydrogen-bond donors (Lipinski definition) is 0. The molecule has 0 atom stereocenters. The molecule has 22 heavy (non-hydrogen) atoms. The molecule has 0 N–H and O–H groups in total.